The minimum Gasteiger partial charge on any atom is -0.497 e. The standard InChI is InChI=1S/C17H21NO2.ClH/c1-19-15-8-3-13(4-9-15)5-12-17(18)14-6-10-16(20-2)11-7-14;/h3-4,6-11,17H,5,12,18H2,1-2H3;1H. The van der Waals surface area contributed by atoms with Crippen LogP contribution in [0.5, 0.6) is 11.5 Å². The summed E-state index contributed by atoms with van der Waals surface area (Å²) in [6, 6.07) is 16.1. The Hall–Kier alpha value is -1.71. The van der Waals surface area contributed by atoms with Crippen LogP contribution in [0.3, 0.4) is 0 Å². The second-order valence-corrected chi connectivity index (χ2v) is 4.77. The molecular formula is C17H22ClNO2. The molecule has 2 aromatic carbocycles. The molecule has 2 aromatic rings. The summed E-state index contributed by atoms with van der Waals surface area (Å²) < 4.78 is 10.3. The van der Waals surface area contributed by atoms with Crippen molar-refractivity contribution in [3.8, 4) is 11.5 Å². The molecule has 0 amide bonds. The summed E-state index contributed by atoms with van der Waals surface area (Å²) in [6.45, 7) is 0. The van der Waals surface area contributed by atoms with Gasteiger partial charge in [0.2, 0.25) is 0 Å². The predicted molar refractivity (Wildman–Crippen MR) is 88.5 cm³/mol. The van der Waals surface area contributed by atoms with Crippen molar-refractivity contribution in [1.29, 1.82) is 0 Å². The Kier molecular flexibility index (Phi) is 7.06. The minimum atomic E-state index is 0. The van der Waals surface area contributed by atoms with E-state index in [0.29, 0.717) is 0 Å². The predicted octanol–water partition coefficient (Wildman–Crippen LogP) is 3.76. The van der Waals surface area contributed by atoms with Crippen molar-refractivity contribution in [1.82, 2.24) is 0 Å². The van der Waals surface area contributed by atoms with Gasteiger partial charge < -0.3 is 15.2 Å². The van der Waals surface area contributed by atoms with Gasteiger partial charge in [0.05, 0.1) is 14.2 Å². The summed E-state index contributed by atoms with van der Waals surface area (Å²) in [4.78, 5) is 0. The zero-order valence-electron chi connectivity index (χ0n) is 12.4. The van der Waals surface area contributed by atoms with Gasteiger partial charge in [-0.2, -0.15) is 0 Å². The lowest BCUT2D eigenvalue weighted by molar-refractivity contribution is 0.414. The van der Waals surface area contributed by atoms with Crippen molar-refractivity contribution >= 4 is 12.4 Å². The third-order valence-electron chi connectivity index (χ3n) is 3.45. The minimum absolute atomic E-state index is 0. The quantitative estimate of drug-likeness (QED) is 0.884. The maximum Gasteiger partial charge on any atom is 0.118 e. The number of halogens is 1. The van der Waals surface area contributed by atoms with Crippen LogP contribution in [-0.4, -0.2) is 14.2 Å². The fraction of sp³-hybridized carbons (Fsp3) is 0.294. The largest absolute Gasteiger partial charge is 0.497 e. The van der Waals surface area contributed by atoms with Crippen LogP contribution in [0.15, 0.2) is 48.5 Å². The van der Waals surface area contributed by atoms with E-state index in [4.69, 9.17) is 15.2 Å². The highest BCUT2D eigenvalue weighted by Gasteiger charge is 2.06. The second-order valence-electron chi connectivity index (χ2n) is 4.77. The third-order valence-corrected chi connectivity index (χ3v) is 3.45. The molecule has 1 atom stereocenters. The fourth-order valence-electron chi connectivity index (χ4n) is 2.13. The summed E-state index contributed by atoms with van der Waals surface area (Å²) in [6.07, 6.45) is 1.87. The average molecular weight is 308 g/mol. The van der Waals surface area contributed by atoms with Crippen LogP contribution in [0.25, 0.3) is 0 Å². The van der Waals surface area contributed by atoms with Crippen LogP contribution in [0.4, 0.5) is 0 Å². The lowest BCUT2D eigenvalue weighted by Crippen LogP contribution is -2.11. The lowest BCUT2D eigenvalue weighted by atomic mass is 9.99. The molecule has 0 aliphatic heterocycles. The maximum atomic E-state index is 6.22. The van der Waals surface area contributed by atoms with E-state index in [2.05, 4.69) is 12.1 Å². The monoisotopic (exact) mass is 307 g/mol. The first kappa shape index (κ1) is 17.3. The van der Waals surface area contributed by atoms with Gasteiger partial charge >= 0.3 is 0 Å². The molecule has 114 valence electrons. The van der Waals surface area contributed by atoms with Gasteiger partial charge in [0.1, 0.15) is 11.5 Å². The number of methoxy groups -OCH3 is 2. The summed E-state index contributed by atoms with van der Waals surface area (Å²) in [5.74, 6) is 1.74. The molecule has 0 bridgehead atoms. The van der Waals surface area contributed by atoms with E-state index in [1.807, 2.05) is 36.4 Å². The first-order valence-corrected chi connectivity index (χ1v) is 6.75. The van der Waals surface area contributed by atoms with E-state index in [9.17, 15) is 0 Å². The van der Waals surface area contributed by atoms with Crippen molar-refractivity contribution in [3.63, 3.8) is 0 Å². The highest BCUT2D eigenvalue weighted by molar-refractivity contribution is 5.85. The Morgan fingerprint density at radius 2 is 1.33 bits per heavy atom. The molecule has 0 fully saturated rings. The molecule has 0 saturated carbocycles. The molecule has 0 saturated heterocycles. The Bertz CT molecular complexity index is 525. The number of aryl methyl sites for hydroxylation is 1. The van der Waals surface area contributed by atoms with Crippen molar-refractivity contribution < 1.29 is 9.47 Å². The van der Waals surface area contributed by atoms with E-state index in [0.717, 1.165) is 29.9 Å². The van der Waals surface area contributed by atoms with Crippen molar-refractivity contribution in [3.05, 3.63) is 59.7 Å². The highest BCUT2D eigenvalue weighted by Crippen LogP contribution is 2.20. The first-order chi connectivity index (χ1) is 9.72. The molecule has 4 heteroatoms. The average Bonchev–Trinajstić information content (AvgIpc) is 2.53. The van der Waals surface area contributed by atoms with Gasteiger partial charge in [0.25, 0.3) is 0 Å². The first-order valence-electron chi connectivity index (χ1n) is 6.75. The van der Waals surface area contributed by atoms with Gasteiger partial charge in [0.15, 0.2) is 0 Å². The SMILES string of the molecule is COc1ccc(CCC(N)c2ccc(OC)cc2)cc1.Cl. The molecule has 21 heavy (non-hydrogen) atoms. The molecular weight excluding hydrogens is 286 g/mol. The molecule has 0 aromatic heterocycles. The zero-order valence-corrected chi connectivity index (χ0v) is 13.2. The van der Waals surface area contributed by atoms with E-state index < -0.39 is 0 Å². The van der Waals surface area contributed by atoms with E-state index in [1.165, 1.54) is 5.56 Å². The Morgan fingerprint density at radius 3 is 1.81 bits per heavy atom. The van der Waals surface area contributed by atoms with Crippen molar-refractivity contribution in [2.45, 2.75) is 18.9 Å². The van der Waals surface area contributed by atoms with E-state index >= 15 is 0 Å². The second kappa shape index (κ2) is 8.55. The van der Waals surface area contributed by atoms with Gasteiger partial charge in [-0.25, -0.2) is 0 Å². The van der Waals surface area contributed by atoms with Crippen LogP contribution in [0.2, 0.25) is 0 Å². The smallest absolute Gasteiger partial charge is 0.118 e. The number of hydrogen-bond acceptors (Lipinski definition) is 3. The van der Waals surface area contributed by atoms with Crippen molar-refractivity contribution in [2.24, 2.45) is 5.73 Å². The zero-order chi connectivity index (χ0) is 14.4. The summed E-state index contributed by atoms with van der Waals surface area (Å²) >= 11 is 0. The topological polar surface area (TPSA) is 44.5 Å². The normalized spacial score (nSPS) is 11.4. The molecule has 0 radical (unpaired) electrons. The number of benzene rings is 2. The summed E-state index contributed by atoms with van der Waals surface area (Å²) in [5.41, 5.74) is 8.64. The molecule has 0 heterocycles. The highest BCUT2D eigenvalue weighted by atomic mass is 35.5. The molecule has 2 N–H and O–H groups in total. The molecule has 2 rings (SSSR count). The summed E-state index contributed by atoms with van der Waals surface area (Å²) in [7, 11) is 3.34. The number of rotatable bonds is 6. The van der Waals surface area contributed by atoms with E-state index in [1.54, 1.807) is 14.2 Å². The molecule has 0 aliphatic rings. The maximum absolute atomic E-state index is 6.22. The van der Waals surface area contributed by atoms with Crippen molar-refractivity contribution in [2.75, 3.05) is 14.2 Å². The Balaban J connectivity index is 0.00000220. The molecule has 0 spiro atoms. The Morgan fingerprint density at radius 1 is 0.857 bits per heavy atom. The van der Waals surface area contributed by atoms with Gasteiger partial charge in [-0.15, -0.1) is 12.4 Å². The summed E-state index contributed by atoms with van der Waals surface area (Å²) in [5, 5.41) is 0. The van der Waals surface area contributed by atoms with Gasteiger partial charge in [0, 0.05) is 6.04 Å². The van der Waals surface area contributed by atoms with Gasteiger partial charge in [-0.05, 0) is 48.2 Å². The van der Waals surface area contributed by atoms with Crippen LogP contribution in [0.1, 0.15) is 23.6 Å². The van der Waals surface area contributed by atoms with Crippen LogP contribution >= 0.6 is 12.4 Å². The van der Waals surface area contributed by atoms with Crippen LogP contribution in [-0.2, 0) is 6.42 Å². The fourth-order valence-corrected chi connectivity index (χ4v) is 2.13. The third kappa shape index (κ3) is 4.96. The molecule has 3 nitrogen and oxygen atoms in total. The number of ether oxygens (including phenoxy) is 2. The Labute approximate surface area is 132 Å². The van der Waals surface area contributed by atoms with Crippen LogP contribution in [0, 0.1) is 0 Å². The van der Waals surface area contributed by atoms with Crippen LogP contribution < -0.4 is 15.2 Å². The van der Waals surface area contributed by atoms with E-state index in [-0.39, 0.29) is 18.4 Å². The number of nitrogens with two attached hydrogens (primary N) is 1. The number of hydrogen-bond donors (Lipinski definition) is 1. The molecule has 1 unspecified atom stereocenters. The van der Waals surface area contributed by atoms with Gasteiger partial charge in [-0.3, -0.25) is 0 Å². The lowest BCUT2D eigenvalue weighted by Gasteiger charge is -2.12. The van der Waals surface area contributed by atoms with Gasteiger partial charge in [-0.1, -0.05) is 24.3 Å². The molecule has 0 aliphatic carbocycles.